The molecule has 0 spiro atoms. The predicted octanol–water partition coefficient (Wildman–Crippen LogP) is 4.59. The number of carbonyl (C=O) groups is 1. The summed E-state index contributed by atoms with van der Waals surface area (Å²) in [6.07, 6.45) is 4.01. The van der Waals surface area contributed by atoms with Gasteiger partial charge in [-0.1, -0.05) is 0 Å². The Balaban J connectivity index is 1.87. The highest BCUT2D eigenvalue weighted by Gasteiger charge is 2.22. The topological polar surface area (TPSA) is 84.2 Å². The number of hydrogen-bond acceptors (Lipinski definition) is 7. The molecule has 0 amide bonds. The Hall–Kier alpha value is -3.48. The molecule has 0 bridgehead atoms. The first-order valence-corrected chi connectivity index (χ1v) is 10.1. The summed E-state index contributed by atoms with van der Waals surface area (Å²) >= 11 is 0. The zero-order valence-electron chi connectivity index (χ0n) is 17.7. The molecular formula is C24H24O7. The molecule has 2 aromatic carbocycles. The van der Waals surface area contributed by atoms with E-state index in [-0.39, 0.29) is 22.7 Å². The zero-order chi connectivity index (χ0) is 22.0. The van der Waals surface area contributed by atoms with Crippen molar-refractivity contribution in [3.8, 4) is 28.6 Å². The fraction of sp³-hybridized carbons (Fsp3) is 0.333. The molecule has 0 unspecified atom stereocenters. The number of rotatable bonds is 6. The van der Waals surface area contributed by atoms with Crippen LogP contribution in [0.25, 0.3) is 22.3 Å². The Morgan fingerprint density at radius 3 is 2.35 bits per heavy atom. The number of fused-ring (bicyclic) bond motifs is 1. The van der Waals surface area contributed by atoms with Crippen LogP contribution in [-0.2, 0) is 4.74 Å². The third-order valence-electron chi connectivity index (χ3n) is 5.48. The normalized spacial score (nSPS) is 13.9. The maximum Gasteiger partial charge on any atom is 0.338 e. The highest BCUT2D eigenvalue weighted by atomic mass is 16.5. The van der Waals surface area contributed by atoms with Crippen molar-refractivity contribution in [2.75, 3.05) is 21.3 Å². The van der Waals surface area contributed by atoms with Crippen molar-refractivity contribution >= 4 is 16.9 Å². The molecule has 162 valence electrons. The molecule has 1 aromatic heterocycles. The smallest absolute Gasteiger partial charge is 0.338 e. The van der Waals surface area contributed by atoms with E-state index >= 15 is 0 Å². The van der Waals surface area contributed by atoms with Crippen LogP contribution < -0.4 is 19.6 Å². The van der Waals surface area contributed by atoms with E-state index in [1.165, 1.54) is 26.4 Å². The van der Waals surface area contributed by atoms with E-state index in [2.05, 4.69) is 0 Å². The number of methoxy groups -OCH3 is 3. The minimum atomic E-state index is -0.530. The first kappa shape index (κ1) is 20.8. The van der Waals surface area contributed by atoms with Gasteiger partial charge in [-0.3, -0.25) is 4.79 Å². The summed E-state index contributed by atoms with van der Waals surface area (Å²) in [4.78, 5) is 25.3. The summed E-state index contributed by atoms with van der Waals surface area (Å²) in [5.41, 5.74) is 0.901. The maximum atomic E-state index is 13.1. The third kappa shape index (κ3) is 4.08. The predicted molar refractivity (Wildman–Crippen MR) is 115 cm³/mol. The number of carbonyl (C=O) groups excluding carboxylic acids is 1. The van der Waals surface area contributed by atoms with Crippen molar-refractivity contribution in [3.63, 3.8) is 0 Å². The average Bonchev–Trinajstić information content (AvgIpc) is 3.30. The number of esters is 1. The van der Waals surface area contributed by atoms with E-state index in [4.69, 9.17) is 23.4 Å². The van der Waals surface area contributed by atoms with Crippen LogP contribution in [0.5, 0.6) is 17.2 Å². The maximum absolute atomic E-state index is 13.1. The molecule has 0 aliphatic heterocycles. The molecule has 3 aromatic rings. The van der Waals surface area contributed by atoms with Crippen molar-refractivity contribution in [2.45, 2.75) is 31.8 Å². The molecule has 0 atom stereocenters. The Morgan fingerprint density at radius 1 is 0.935 bits per heavy atom. The van der Waals surface area contributed by atoms with Crippen molar-refractivity contribution in [1.29, 1.82) is 0 Å². The molecule has 0 N–H and O–H groups in total. The molecule has 0 saturated heterocycles. The van der Waals surface area contributed by atoms with Gasteiger partial charge in [0.1, 0.15) is 22.5 Å². The molecule has 0 radical (unpaired) electrons. The van der Waals surface area contributed by atoms with Crippen molar-refractivity contribution < 1.29 is 28.2 Å². The first-order chi connectivity index (χ1) is 15.0. The van der Waals surface area contributed by atoms with Gasteiger partial charge in [-0.2, -0.15) is 0 Å². The van der Waals surface area contributed by atoms with Gasteiger partial charge in [0.05, 0.1) is 33.0 Å². The first-order valence-electron chi connectivity index (χ1n) is 10.1. The Morgan fingerprint density at radius 2 is 1.68 bits per heavy atom. The van der Waals surface area contributed by atoms with Gasteiger partial charge in [-0.15, -0.1) is 0 Å². The van der Waals surface area contributed by atoms with E-state index in [1.54, 1.807) is 31.4 Å². The van der Waals surface area contributed by atoms with E-state index in [0.29, 0.717) is 34.0 Å². The summed E-state index contributed by atoms with van der Waals surface area (Å²) in [5, 5.41) is 0.309. The summed E-state index contributed by atoms with van der Waals surface area (Å²) in [5.74, 6) is 1.23. The van der Waals surface area contributed by atoms with Crippen molar-refractivity contribution in [3.05, 3.63) is 52.2 Å². The summed E-state index contributed by atoms with van der Waals surface area (Å²) in [6.45, 7) is 0. The van der Waals surface area contributed by atoms with Crippen LogP contribution in [-0.4, -0.2) is 33.4 Å². The van der Waals surface area contributed by atoms with Gasteiger partial charge in [-0.25, -0.2) is 4.79 Å². The Bertz CT molecular complexity index is 1170. The van der Waals surface area contributed by atoms with Crippen LogP contribution in [0, 0.1) is 0 Å². The monoisotopic (exact) mass is 424 g/mol. The molecule has 1 aliphatic rings. The van der Waals surface area contributed by atoms with E-state index < -0.39 is 5.97 Å². The largest absolute Gasteiger partial charge is 0.493 e. The van der Waals surface area contributed by atoms with Crippen molar-refractivity contribution in [1.82, 2.24) is 0 Å². The lowest BCUT2D eigenvalue weighted by Crippen LogP contribution is -2.14. The van der Waals surface area contributed by atoms with Gasteiger partial charge < -0.3 is 23.4 Å². The van der Waals surface area contributed by atoms with E-state index in [0.717, 1.165) is 25.7 Å². The Labute approximate surface area is 179 Å². The quantitative estimate of drug-likeness (QED) is 0.535. The summed E-state index contributed by atoms with van der Waals surface area (Å²) in [6, 6.07) is 9.71. The minimum Gasteiger partial charge on any atom is -0.493 e. The fourth-order valence-electron chi connectivity index (χ4n) is 3.90. The minimum absolute atomic E-state index is 0.0148. The average molecular weight is 424 g/mol. The second-order valence-electron chi connectivity index (χ2n) is 7.41. The lowest BCUT2D eigenvalue weighted by atomic mass is 10.1. The van der Waals surface area contributed by atoms with Gasteiger partial charge >= 0.3 is 5.97 Å². The van der Waals surface area contributed by atoms with Crippen LogP contribution in [0.3, 0.4) is 0 Å². The molecule has 4 rings (SSSR count). The molecule has 1 saturated carbocycles. The molecule has 7 heteroatoms. The Kier molecular flexibility index (Phi) is 5.84. The van der Waals surface area contributed by atoms with Gasteiger partial charge in [0, 0.05) is 11.6 Å². The fourth-order valence-corrected chi connectivity index (χ4v) is 3.90. The SMILES string of the molecule is COC(=O)c1cc(OC2CCCC2)c2c(=O)cc(-c3ccc(OC)c(OC)c3)oc2c1. The van der Waals surface area contributed by atoms with Crippen LogP contribution in [0.1, 0.15) is 36.0 Å². The van der Waals surface area contributed by atoms with Gasteiger partial charge in [0.15, 0.2) is 16.9 Å². The second kappa shape index (κ2) is 8.71. The molecule has 1 fully saturated rings. The molecule has 7 nitrogen and oxygen atoms in total. The molecular weight excluding hydrogens is 400 g/mol. The van der Waals surface area contributed by atoms with E-state index in [1.807, 2.05) is 0 Å². The van der Waals surface area contributed by atoms with Gasteiger partial charge in [0.25, 0.3) is 0 Å². The van der Waals surface area contributed by atoms with Crippen LogP contribution >= 0.6 is 0 Å². The van der Waals surface area contributed by atoms with Crippen molar-refractivity contribution in [2.24, 2.45) is 0 Å². The van der Waals surface area contributed by atoms with Gasteiger partial charge in [0.2, 0.25) is 0 Å². The number of benzene rings is 2. The molecule has 31 heavy (non-hydrogen) atoms. The standard InChI is InChI=1S/C24H24O7/c1-27-18-9-8-14(10-20(18)28-2)19-13-17(25)23-21(30-16-6-4-5-7-16)11-15(24(26)29-3)12-22(23)31-19/h8-13,16H,4-7H2,1-3H3. The van der Waals surface area contributed by atoms with Crippen LogP contribution in [0.2, 0.25) is 0 Å². The third-order valence-corrected chi connectivity index (χ3v) is 5.48. The summed E-state index contributed by atoms with van der Waals surface area (Å²) < 4.78 is 27.7. The number of hydrogen-bond donors (Lipinski definition) is 0. The van der Waals surface area contributed by atoms with Crippen LogP contribution in [0.15, 0.2) is 45.6 Å². The highest BCUT2D eigenvalue weighted by Crippen LogP contribution is 2.35. The molecule has 1 heterocycles. The lowest BCUT2D eigenvalue weighted by Gasteiger charge is -2.16. The lowest BCUT2D eigenvalue weighted by molar-refractivity contribution is 0.0600. The number of ether oxygens (including phenoxy) is 4. The second-order valence-corrected chi connectivity index (χ2v) is 7.41. The van der Waals surface area contributed by atoms with E-state index in [9.17, 15) is 9.59 Å². The highest BCUT2D eigenvalue weighted by molar-refractivity contribution is 5.96. The summed E-state index contributed by atoms with van der Waals surface area (Å²) in [7, 11) is 4.39. The zero-order valence-corrected chi connectivity index (χ0v) is 17.7. The van der Waals surface area contributed by atoms with Crippen LogP contribution in [0.4, 0.5) is 0 Å². The van der Waals surface area contributed by atoms with Gasteiger partial charge in [-0.05, 0) is 56.0 Å². The molecule has 1 aliphatic carbocycles.